The summed E-state index contributed by atoms with van der Waals surface area (Å²) in [5.41, 5.74) is 6.81. The van der Waals surface area contributed by atoms with E-state index in [1.807, 2.05) is 0 Å². The lowest BCUT2D eigenvalue weighted by molar-refractivity contribution is 0.0989. The van der Waals surface area contributed by atoms with E-state index >= 15 is 0 Å². The summed E-state index contributed by atoms with van der Waals surface area (Å²) in [5.74, 6) is -1.07. The molecular weight excluding hydrogens is 233 g/mol. The van der Waals surface area contributed by atoms with Crippen molar-refractivity contribution in [2.45, 2.75) is 0 Å². The zero-order valence-electron chi connectivity index (χ0n) is 9.80. The molecule has 5 heteroatoms. The highest BCUT2D eigenvalue weighted by molar-refractivity contribution is 6.05. The molecule has 1 amide bonds. The molecule has 2 aromatic rings. The van der Waals surface area contributed by atoms with E-state index in [0.29, 0.717) is 11.4 Å². The molecule has 0 atom stereocenters. The van der Waals surface area contributed by atoms with Crippen LogP contribution in [0, 0.1) is 5.82 Å². The van der Waals surface area contributed by atoms with Crippen LogP contribution in [0.3, 0.4) is 0 Å². The molecule has 1 heterocycles. The van der Waals surface area contributed by atoms with Gasteiger partial charge in [-0.2, -0.15) is 0 Å². The maximum absolute atomic E-state index is 13.5. The molecule has 2 rings (SSSR count). The minimum atomic E-state index is -0.634. The Kier molecular flexibility index (Phi) is 3.23. The molecule has 18 heavy (non-hydrogen) atoms. The number of aromatic nitrogens is 1. The van der Waals surface area contributed by atoms with E-state index in [-0.39, 0.29) is 5.56 Å². The lowest BCUT2D eigenvalue weighted by atomic mass is 10.2. The van der Waals surface area contributed by atoms with Gasteiger partial charge in [0, 0.05) is 24.6 Å². The van der Waals surface area contributed by atoms with Crippen molar-refractivity contribution in [1.29, 1.82) is 0 Å². The third kappa shape index (κ3) is 2.29. The van der Waals surface area contributed by atoms with E-state index in [1.54, 1.807) is 31.3 Å². The Balaban J connectivity index is 2.29. The van der Waals surface area contributed by atoms with Crippen LogP contribution in [0.2, 0.25) is 0 Å². The van der Waals surface area contributed by atoms with Crippen molar-refractivity contribution in [3.8, 4) is 0 Å². The zero-order chi connectivity index (χ0) is 13.1. The molecule has 0 unspecified atom stereocenters. The number of anilines is 2. The third-order valence-electron chi connectivity index (χ3n) is 2.59. The largest absolute Gasteiger partial charge is 0.399 e. The molecule has 0 aliphatic rings. The average Bonchev–Trinajstić information content (AvgIpc) is 2.38. The van der Waals surface area contributed by atoms with Crippen molar-refractivity contribution in [2.75, 3.05) is 17.7 Å². The fourth-order valence-corrected chi connectivity index (χ4v) is 1.54. The van der Waals surface area contributed by atoms with Gasteiger partial charge in [0.2, 0.25) is 0 Å². The SMILES string of the molecule is CN(C(=O)c1ccncc1F)c1ccc(N)cc1. The van der Waals surface area contributed by atoms with Crippen molar-refractivity contribution in [2.24, 2.45) is 0 Å². The van der Waals surface area contributed by atoms with Gasteiger partial charge < -0.3 is 10.6 Å². The second-order valence-corrected chi connectivity index (χ2v) is 3.81. The third-order valence-corrected chi connectivity index (χ3v) is 2.59. The van der Waals surface area contributed by atoms with E-state index in [2.05, 4.69) is 4.98 Å². The minimum Gasteiger partial charge on any atom is -0.399 e. The van der Waals surface area contributed by atoms with Gasteiger partial charge in [-0.15, -0.1) is 0 Å². The van der Waals surface area contributed by atoms with Crippen LogP contribution in [-0.2, 0) is 0 Å². The maximum Gasteiger partial charge on any atom is 0.261 e. The summed E-state index contributed by atoms with van der Waals surface area (Å²) < 4.78 is 13.5. The minimum absolute atomic E-state index is 0.00988. The molecule has 1 aromatic carbocycles. The predicted octanol–water partition coefficient (Wildman–Crippen LogP) is 2.08. The second-order valence-electron chi connectivity index (χ2n) is 3.81. The van der Waals surface area contributed by atoms with Crippen molar-refractivity contribution in [3.05, 3.63) is 54.1 Å². The van der Waals surface area contributed by atoms with Crippen LogP contribution in [0.5, 0.6) is 0 Å². The Morgan fingerprint density at radius 2 is 1.94 bits per heavy atom. The fraction of sp³-hybridized carbons (Fsp3) is 0.0769. The van der Waals surface area contributed by atoms with Gasteiger partial charge in [0.15, 0.2) is 5.82 Å². The smallest absolute Gasteiger partial charge is 0.261 e. The summed E-state index contributed by atoms with van der Waals surface area (Å²) in [6.45, 7) is 0. The van der Waals surface area contributed by atoms with Crippen LogP contribution in [-0.4, -0.2) is 17.9 Å². The molecule has 4 nitrogen and oxygen atoms in total. The highest BCUT2D eigenvalue weighted by Crippen LogP contribution is 2.18. The van der Waals surface area contributed by atoms with E-state index in [0.717, 1.165) is 6.20 Å². The molecule has 0 saturated heterocycles. The zero-order valence-corrected chi connectivity index (χ0v) is 9.80. The van der Waals surface area contributed by atoms with Crippen molar-refractivity contribution in [1.82, 2.24) is 4.98 Å². The summed E-state index contributed by atoms with van der Waals surface area (Å²) in [4.78, 5) is 17.0. The number of amides is 1. The summed E-state index contributed by atoms with van der Waals surface area (Å²) in [6, 6.07) is 8.12. The number of carbonyl (C=O) groups excluding carboxylic acids is 1. The van der Waals surface area contributed by atoms with Gasteiger partial charge in [0.05, 0.1) is 11.8 Å². The number of rotatable bonds is 2. The highest BCUT2D eigenvalue weighted by atomic mass is 19.1. The first kappa shape index (κ1) is 12.0. The number of benzene rings is 1. The lowest BCUT2D eigenvalue weighted by Crippen LogP contribution is -2.27. The van der Waals surface area contributed by atoms with Crippen LogP contribution < -0.4 is 10.6 Å². The number of hydrogen-bond donors (Lipinski definition) is 1. The number of hydrogen-bond acceptors (Lipinski definition) is 3. The average molecular weight is 245 g/mol. The Bertz CT molecular complexity index is 569. The van der Waals surface area contributed by atoms with Gasteiger partial charge in [-0.3, -0.25) is 9.78 Å². The molecule has 1 aromatic heterocycles. The summed E-state index contributed by atoms with van der Waals surface area (Å²) in [6.07, 6.45) is 2.40. The summed E-state index contributed by atoms with van der Waals surface area (Å²) >= 11 is 0. The van der Waals surface area contributed by atoms with Gasteiger partial charge in [-0.1, -0.05) is 0 Å². The molecule has 0 aliphatic heterocycles. The first-order chi connectivity index (χ1) is 8.59. The summed E-state index contributed by atoms with van der Waals surface area (Å²) in [5, 5.41) is 0. The second kappa shape index (κ2) is 4.83. The molecule has 0 fully saturated rings. The quantitative estimate of drug-likeness (QED) is 0.824. The van der Waals surface area contributed by atoms with Gasteiger partial charge in [-0.25, -0.2) is 4.39 Å². The topological polar surface area (TPSA) is 59.2 Å². The molecule has 0 radical (unpaired) electrons. The number of nitrogens with two attached hydrogens (primary N) is 1. The van der Waals surface area contributed by atoms with Gasteiger partial charge in [0.1, 0.15) is 0 Å². The Hall–Kier alpha value is -2.43. The molecule has 0 aliphatic carbocycles. The van der Waals surface area contributed by atoms with E-state index in [4.69, 9.17) is 5.73 Å². The first-order valence-electron chi connectivity index (χ1n) is 5.32. The monoisotopic (exact) mass is 245 g/mol. The van der Waals surface area contributed by atoms with Crippen LogP contribution in [0.4, 0.5) is 15.8 Å². The van der Waals surface area contributed by atoms with Crippen LogP contribution in [0.1, 0.15) is 10.4 Å². The number of halogens is 1. The number of pyridine rings is 1. The van der Waals surface area contributed by atoms with E-state index in [9.17, 15) is 9.18 Å². The van der Waals surface area contributed by atoms with E-state index < -0.39 is 11.7 Å². The lowest BCUT2D eigenvalue weighted by Gasteiger charge is -2.17. The highest BCUT2D eigenvalue weighted by Gasteiger charge is 2.17. The van der Waals surface area contributed by atoms with Gasteiger partial charge in [0.25, 0.3) is 5.91 Å². The van der Waals surface area contributed by atoms with Crippen molar-refractivity contribution < 1.29 is 9.18 Å². The summed E-state index contributed by atoms with van der Waals surface area (Å²) in [7, 11) is 1.58. The number of carbonyl (C=O) groups is 1. The Labute approximate surface area is 104 Å². The van der Waals surface area contributed by atoms with Crippen LogP contribution >= 0.6 is 0 Å². The van der Waals surface area contributed by atoms with Crippen LogP contribution in [0.25, 0.3) is 0 Å². The predicted molar refractivity (Wildman–Crippen MR) is 67.8 cm³/mol. The van der Waals surface area contributed by atoms with Crippen molar-refractivity contribution >= 4 is 17.3 Å². The van der Waals surface area contributed by atoms with Gasteiger partial charge in [-0.05, 0) is 30.3 Å². The van der Waals surface area contributed by atoms with Crippen molar-refractivity contribution in [3.63, 3.8) is 0 Å². The molecule has 2 N–H and O–H groups in total. The molecule has 92 valence electrons. The Morgan fingerprint density at radius 1 is 1.28 bits per heavy atom. The first-order valence-corrected chi connectivity index (χ1v) is 5.32. The normalized spacial score (nSPS) is 10.1. The van der Waals surface area contributed by atoms with Crippen LogP contribution in [0.15, 0.2) is 42.7 Å². The fourth-order valence-electron chi connectivity index (χ4n) is 1.54. The Morgan fingerprint density at radius 3 is 2.56 bits per heavy atom. The maximum atomic E-state index is 13.5. The molecule has 0 bridgehead atoms. The molecule has 0 spiro atoms. The molecular formula is C13H12FN3O. The number of nitrogen functional groups attached to an aromatic ring is 1. The van der Waals surface area contributed by atoms with Gasteiger partial charge >= 0.3 is 0 Å². The van der Waals surface area contributed by atoms with E-state index in [1.165, 1.54) is 17.2 Å². The molecule has 0 saturated carbocycles. The standard InChI is InChI=1S/C13H12FN3O/c1-17(10-4-2-9(15)3-5-10)13(18)11-6-7-16-8-12(11)14/h2-8H,15H2,1H3. The number of nitrogens with zero attached hydrogens (tertiary/aromatic N) is 2.